The van der Waals surface area contributed by atoms with Crippen molar-refractivity contribution in [2.45, 2.75) is 83.2 Å². The monoisotopic (exact) mass is 484 g/mol. The molecule has 0 bridgehead atoms. The number of unbranched alkanes of at least 4 members (excludes halogenated alkanes) is 3. The summed E-state index contributed by atoms with van der Waals surface area (Å²) in [7, 11) is 4.06. The van der Waals surface area contributed by atoms with E-state index in [-0.39, 0.29) is 17.9 Å². The Bertz CT molecular complexity index is 797. The Balaban J connectivity index is 1.52. The highest BCUT2D eigenvalue weighted by atomic mass is 16.2. The molecule has 2 amide bonds. The number of rotatable bonds is 12. The second-order valence-electron chi connectivity index (χ2n) is 11.3. The van der Waals surface area contributed by atoms with E-state index in [4.69, 9.17) is 0 Å². The smallest absolute Gasteiger partial charge is 0.246 e. The summed E-state index contributed by atoms with van der Waals surface area (Å²) in [6, 6.07) is 10.4. The lowest BCUT2D eigenvalue weighted by atomic mass is 9.83. The topological polar surface area (TPSA) is 55.9 Å². The Morgan fingerprint density at radius 1 is 1.00 bits per heavy atom. The zero-order chi connectivity index (χ0) is 25.3. The van der Waals surface area contributed by atoms with E-state index in [2.05, 4.69) is 59.3 Å². The lowest BCUT2D eigenvalue weighted by Crippen LogP contribution is -2.71. The first-order valence-corrected chi connectivity index (χ1v) is 13.9. The van der Waals surface area contributed by atoms with Gasteiger partial charge in [0.1, 0.15) is 11.6 Å². The average Bonchev–Trinajstić information content (AvgIpc) is 3.03. The number of piperazine rings is 1. The summed E-state index contributed by atoms with van der Waals surface area (Å²) in [6.45, 7) is 8.61. The molecule has 196 valence electrons. The van der Waals surface area contributed by atoms with Crippen molar-refractivity contribution in [1.29, 1.82) is 0 Å². The van der Waals surface area contributed by atoms with Crippen LogP contribution in [0.25, 0.3) is 0 Å². The Morgan fingerprint density at radius 3 is 2.46 bits per heavy atom. The molecule has 2 fully saturated rings. The zero-order valence-electron chi connectivity index (χ0n) is 22.6. The summed E-state index contributed by atoms with van der Waals surface area (Å²) < 4.78 is 0. The number of benzene rings is 1. The molecule has 1 spiro atoms. The Kier molecular flexibility index (Phi) is 10.6. The summed E-state index contributed by atoms with van der Waals surface area (Å²) in [5.41, 5.74) is 0.741. The molecule has 0 aliphatic carbocycles. The second kappa shape index (κ2) is 13.4. The maximum atomic E-state index is 13.5. The third kappa shape index (κ3) is 7.78. The summed E-state index contributed by atoms with van der Waals surface area (Å²) in [6.07, 6.45) is 9.29. The van der Waals surface area contributed by atoms with Gasteiger partial charge in [0, 0.05) is 19.6 Å². The van der Waals surface area contributed by atoms with Crippen LogP contribution >= 0.6 is 0 Å². The highest BCUT2D eigenvalue weighted by Gasteiger charge is 2.52. The molecule has 2 aliphatic rings. The molecule has 2 heterocycles. The number of likely N-dealkylation sites (tertiary alicyclic amines) is 1. The molecule has 6 nitrogen and oxygen atoms in total. The van der Waals surface area contributed by atoms with Crippen LogP contribution in [0.3, 0.4) is 0 Å². The van der Waals surface area contributed by atoms with E-state index in [9.17, 15) is 9.59 Å². The summed E-state index contributed by atoms with van der Waals surface area (Å²) in [5.74, 6) is 0.558. The van der Waals surface area contributed by atoms with Crippen molar-refractivity contribution in [2.24, 2.45) is 5.92 Å². The van der Waals surface area contributed by atoms with E-state index in [1.165, 1.54) is 31.2 Å². The van der Waals surface area contributed by atoms with Gasteiger partial charge < -0.3 is 20.0 Å². The molecule has 0 saturated carbocycles. The van der Waals surface area contributed by atoms with Crippen molar-refractivity contribution in [3.05, 3.63) is 35.9 Å². The molecule has 3 rings (SSSR count). The van der Waals surface area contributed by atoms with Crippen molar-refractivity contribution >= 4 is 11.8 Å². The Hall–Kier alpha value is -1.92. The summed E-state index contributed by atoms with van der Waals surface area (Å²) >= 11 is 0. The van der Waals surface area contributed by atoms with Crippen LogP contribution < -0.4 is 5.32 Å². The maximum Gasteiger partial charge on any atom is 0.246 e. The predicted octanol–water partition coefficient (Wildman–Crippen LogP) is 3.95. The van der Waals surface area contributed by atoms with Crippen LogP contribution in [0.15, 0.2) is 30.3 Å². The Labute approximate surface area is 213 Å². The van der Waals surface area contributed by atoms with Gasteiger partial charge in [0.15, 0.2) is 0 Å². The van der Waals surface area contributed by atoms with Crippen LogP contribution in [-0.4, -0.2) is 84.9 Å². The molecule has 1 N–H and O–H groups in total. The lowest BCUT2D eigenvalue weighted by Gasteiger charge is -2.48. The van der Waals surface area contributed by atoms with E-state index in [1.807, 2.05) is 19.0 Å². The zero-order valence-corrected chi connectivity index (χ0v) is 22.6. The third-order valence-electron chi connectivity index (χ3n) is 7.73. The van der Waals surface area contributed by atoms with E-state index in [1.54, 1.807) is 0 Å². The van der Waals surface area contributed by atoms with Gasteiger partial charge in [0.25, 0.3) is 0 Å². The molecule has 2 aliphatic heterocycles. The molecule has 2 saturated heterocycles. The number of hydrogen-bond acceptors (Lipinski definition) is 4. The van der Waals surface area contributed by atoms with Crippen LogP contribution in [0, 0.1) is 5.92 Å². The molecule has 35 heavy (non-hydrogen) atoms. The van der Waals surface area contributed by atoms with E-state index in [0.717, 1.165) is 51.9 Å². The minimum Gasteiger partial charge on any atom is -0.342 e. The molecule has 1 aromatic rings. The normalized spacial score (nSPS) is 23.8. The number of hydrogen-bond donors (Lipinski definition) is 1. The quantitative estimate of drug-likeness (QED) is 0.457. The highest BCUT2D eigenvalue weighted by molar-refractivity contribution is 5.99. The average molecular weight is 485 g/mol. The van der Waals surface area contributed by atoms with Gasteiger partial charge in [-0.3, -0.25) is 9.59 Å². The summed E-state index contributed by atoms with van der Waals surface area (Å²) in [5, 5.41) is 3.14. The molecular formula is C29H48N4O2. The highest BCUT2D eigenvalue weighted by Crippen LogP contribution is 2.34. The lowest BCUT2D eigenvalue weighted by molar-refractivity contribution is -0.159. The largest absolute Gasteiger partial charge is 0.342 e. The fraction of sp³-hybridized carbons (Fsp3) is 0.724. The van der Waals surface area contributed by atoms with Gasteiger partial charge in [-0.05, 0) is 83.6 Å². The van der Waals surface area contributed by atoms with Crippen LogP contribution in [0.4, 0.5) is 0 Å². The first-order valence-electron chi connectivity index (χ1n) is 13.9. The van der Waals surface area contributed by atoms with Gasteiger partial charge in [-0.2, -0.15) is 0 Å². The number of carbonyl (C=O) groups excluding carboxylic acids is 2. The molecule has 6 heteroatoms. The third-order valence-corrected chi connectivity index (χ3v) is 7.73. The molecule has 0 radical (unpaired) electrons. The van der Waals surface area contributed by atoms with E-state index in [0.29, 0.717) is 18.9 Å². The van der Waals surface area contributed by atoms with Crippen molar-refractivity contribution in [3.63, 3.8) is 0 Å². The molecule has 2 atom stereocenters. The molecule has 1 unspecified atom stereocenters. The first kappa shape index (κ1) is 27.7. The second-order valence-corrected chi connectivity index (χ2v) is 11.3. The van der Waals surface area contributed by atoms with Crippen molar-refractivity contribution in [2.75, 3.05) is 46.8 Å². The number of carbonyl (C=O) groups is 2. The van der Waals surface area contributed by atoms with E-state index >= 15 is 0 Å². The van der Waals surface area contributed by atoms with Crippen LogP contribution in [0.5, 0.6) is 0 Å². The number of amides is 2. The van der Waals surface area contributed by atoms with Crippen LogP contribution in [0.2, 0.25) is 0 Å². The standard InChI is InChI=1S/C29H48N4O2/c1-24(2)23-26-27(34)33(22-21-31(3)4)29(28(35)30-26)16-12-19-32(20-17-29)18-11-6-5-8-13-25-14-9-7-10-15-25/h7,9-10,14-15,24,26H,5-6,8,11-13,16-23H2,1-4H3,(H,30,35)/t26-,29?/m0/s1. The van der Waals surface area contributed by atoms with Gasteiger partial charge in [-0.1, -0.05) is 57.0 Å². The van der Waals surface area contributed by atoms with Crippen molar-refractivity contribution < 1.29 is 9.59 Å². The van der Waals surface area contributed by atoms with Gasteiger partial charge in [-0.25, -0.2) is 0 Å². The van der Waals surface area contributed by atoms with Crippen LogP contribution in [0.1, 0.15) is 70.8 Å². The minimum absolute atomic E-state index is 0.0734. The van der Waals surface area contributed by atoms with Crippen molar-refractivity contribution in [1.82, 2.24) is 20.0 Å². The molecular weight excluding hydrogens is 436 g/mol. The van der Waals surface area contributed by atoms with Gasteiger partial charge in [-0.15, -0.1) is 0 Å². The van der Waals surface area contributed by atoms with E-state index < -0.39 is 5.54 Å². The number of nitrogens with one attached hydrogen (secondary N) is 1. The summed E-state index contributed by atoms with van der Waals surface area (Å²) in [4.78, 5) is 33.7. The van der Waals surface area contributed by atoms with Gasteiger partial charge in [0.2, 0.25) is 11.8 Å². The number of likely N-dealkylation sites (N-methyl/N-ethyl adjacent to an activating group) is 1. The SMILES string of the molecule is CC(C)C[C@@H]1NC(=O)C2(CCCN(CCCCCCc3ccccc3)CC2)N(CCN(C)C)C1=O. The fourth-order valence-corrected chi connectivity index (χ4v) is 5.69. The fourth-order valence-electron chi connectivity index (χ4n) is 5.69. The number of nitrogens with zero attached hydrogens (tertiary/aromatic N) is 3. The maximum absolute atomic E-state index is 13.5. The number of aryl methyl sites for hydroxylation is 1. The van der Waals surface area contributed by atoms with Crippen molar-refractivity contribution in [3.8, 4) is 0 Å². The van der Waals surface area contributed by atoms with Gasteiger partial charge >= 0.3 is 0 Å². The van der Waals surface area contributed by atoms with Crippen LogP contribution in [-0.2, 0) is 16.0 Å². The minimum atomic E-state index is -0.689. The predicted molar refractivity (Wildman–Crippen MR) is 143 cm³/mol. The first-order chi connectivity index (χ1) is 16.8. The molecule has 1 aromatic carbocycles. The molecule has 0 aromatic heterocycles. The Morgan fingerprint density at radius 2 is 1.74 bits per heavy atom. The van der Waals surface area contributed by atoms with Gasteiger partial charge in [0.05, 0.1) is 0 Å².